The first kappa shape index (κ1) is 12.5. The van der Waals surface area contributed by atoms with E-state index < -0.39 is 12.0 Å². The monoisotopic (exact) mass is 253 g/mol. The van der Waals surface area contributed by atoms with E-state index in [1.54, 1.807) is 6.07 Å². The van der Waals surface area contributed by atoms with Crippen molar-refractivity contribution in [3.05, 3.63) is 17.7 Å². The molecule has 1 aliphatic heterocycles. The molecule has 6 heteroatoms. The topological polar surface area (TPSA) is 102 Å². The van der Waals surface area contributed by atoms with E-state index in [9.17, 15) is 9.90 Å². The first-order valence-corrected chi connectivity index (χ1v) is 5.68. The number of phenolic OH excluding ortho intramolecular Hbond substituents is 1. The molecular formula is C12H15NO5. The van der Waals surface area contributed by atoms with Crippen LogP contribution in [0.15, 0.2) is 12.1 Å². The van der Waals surface area contributed by atoms with Gasteiger partial charge in [0.25, 0.3) is 0 Å². The normalized spacial score (nSPS) is 15.2. The van der Waals surface area contributed by atoms with Gasteiger partial charge in [-0.1, -0.05) is 0 Å². The SMILES string of the molecule is NC(CCC(=O)O)c1cc2c(cc1O)OCCO2. The van der Waals surface area contributed by atoms with E-state index in [1.165, 1.54) is 6.07 Å². The Bertz CT molecular complexity index is 460. The molecule has 0 spiro atoms. The van der Waals surface area contributed by atoms with Crippen LogP contribution in [0.3, 0.4) is 0 Å². The smallest absolute Gasteiger partial charge is 0.303 e. The van der Waals surface area contributed by atoms with Gasteiger partial charge in [-0.05, 0) is 12.5 Å². The highest BCUT2D eigenvalue weighted by atomic mass is 16.6. The third-order valence-electron chi connectivity index (χ3n) is 2.76. The zero-order valence-electron chi connectivity index (χ0n) is 9.76. The number of fused-ring (bicyclic) bond motifs is 1. The van der Waals surface area contributed by atoms with E-state index in [-0.39, 0.29) is 18.6 Å². The van der Waals surface area contributed by atoms with E-state index in [0.717, 1.165) is 0 Å². The predicted octanol–water partition coefficient (Wildman–Crippen LogP) is 1.03. The van der Waals surface area contributed by atoms with Gasteiger partial charge in [-0.25, -0.2) is 0 Å². The standard InChI is InChI=1S/C12H15NO5/c13-8(1-2-12(15)16)7-5-10-11(6-9(7)14)18-4-3-17-10/h5-6,8,14H,1-4,13H2,(H,15,16). The van der Waals surface area contributed by atoms with Crippen LogP contribution >= 0.6 is 0 Å². The molecule has 0 radical (unpaired) electrons. The van der Waals surface area contributed by atoms with Crippen molar-refractivity contribution in [1.29, 1.82) is 0 Å². The number of aliphatic carboxylic acids is 1. The van der Waals surface area contributed by atoms with Crippen molar-refractivity contribution in [3.8, 4) is 17.2 Å². The zero-order chi connectivity index (χ0) is 13.1. The van der Waals surface area contributed by atoms with Crippen LogP contribution in [0.25, 0.3) is 0 Å². The summed E-state index contributed by atoms with van der Waals surface area (Å²) in [6, 6.07) is 2.51. The number of phenols is 1. The molecule has 0 amide bonds. The average Bonchev–Trinajstić information content (AvgIpc) is 2.35. The van der Waals surface area contributed by atoms with Crippen LogP contribution in [-0.4, -0.2) is 29.4 Å². The Labute approximate surface area is 104 Å². The van der Waals surface area contributed by atoms with Crippen LogP contribution in [0.2, 0.25) is 0 Å². The maximum atomic E-state index is 10.5. The first-order valence-electron chi connectivity index (χ1n) is 5.68. The summed E-state index contributed by atoms with van der Waals surface area (Å²) in [7, 11) is 0. The molecule has 98 valence electrons. The second kappa shape index (κ2) is 5.14. The largest absolute Gasteiger partial charge is 0.507 e. The molecule has 2 rings (SSSR count). The van der Waals surface area contributed by atoms with Crippen LogP contribution in [0.5, 0.6) is 17.2 Å². The highest BCUT2D eigenvalue weighted by molar-refractivity contribution is 5.66. The highest BCUT2D eigenvalue weighted by Gasteiger charge is 2.19. The Kier molecular flexibility index (Phi) is 3.57. The number of nitrogens with two attached hydrogens (primary N) is 1. The average molecular weight is 253 g/mol. The van der Waals surface area contributed by atoms with Gasteiger partial charge in [0.15, 0.2) is 11.5 Å². The van der Waals surface area contributed by atoms with E-state index in [1.807, 2.05) is 0 Å². The molecule has 1 aromatic rings. The molecule has 0 fully saturated rings. The lowest BCUT2D eigenvalue weighted by Crippen LogP contribution is -2.17. The van der Waals surface area contributed by atoms with Crippen LogP contribution in [-0.2, 0) is 4.79 Å². The number of ether oxygens (including phenoxy) is 2. The summed E-state index contributed by atoms with van der Waals surface area (Å²) in [6.07, 6.45) is 0.206. The lowest BCUT2D eigenvalue weighted by atomic mass is 10.0. The fourth-order valence-corrected chi connectivity index (χ4v) is 1.83. The van der Waals surface area contributed by atoms with Crippen molar-refractivity contribution < 1.29 is 24.5 Å². The summed E-state index contributed by atoms with van der Waals surface area (Å²) in [4.78, 5) is 10.5. The second-order valence-corrected chi connectivity index (χ2v) is 4.09. The number of hydrogen-bond acceptors (Lipinski definition) is 5. The van der Waals surface area contributed by atoms with Crippen molar-refractivity contribution in [2.24, 2.45) is 5.73 Å². The third kappa shape index (κ3) is 2.65. The molecule has 0 saturated heterocycles. The number of carboxylic acids is 1. The van der Waals surface area contributed by atoms with Gasteiger partial charge < -0.3 is 25.4 Å². The van der Waals surface area contributed by atoms with Crippen molar-refractivity contribution in [2.45, 2.75) is 18.9 Å². The van der Waals surface area contributed by atoms with E-state index in [2.05, 4.69) is 0 Å². The Hall–Kier alpha value is -1.95. The lowest BCUT2D eigenvalue weighted by Gasteiger charge is -2.21. The molecule has 1 aromatic carbocycles. The maximum Gasteiger partial charge on any atom is 0.303 e. The third-order valence-corrected chi connectivity index (χ3v) is 2.76. The highest BCUT2D eigenvalue weighted by Crippen LogP contribution is 2.38. The molecule has 0 aromatic heterocycles. The second-order valence-electron chi connectivity index (χ2n) is 4.09. The predicted molar refractivity (Wildman–Crippen MR) is 62.9 cm³/mol. The Morgan fingerprint density at radius 3 is 2.56 bits per heavy atom. The van der Waals surface area contributed by atoms with Gasteiger partial charge in [0.05, 0.1) is 0 Å². The van der Waals surface area contributed by atoms with Gasteiger partial charge >= 0.3 is 5.97 Å². The fraction of sp³-hybridized carbons (Fsp3) is 0.417. The molecule has 18 heavy (non-hydrogen) atoms. The number of hydrogen-bond donors (Lipinski definition) is 3. The van der Waals surface area contributed by atoms with Gasteiger partial charge in [0.1, 0.15) is 19.0 Å². The number of rotatable bonds is 4. The fourth-order valence-electron chi connectivity index (χ4n) is 1.83. The molecule has 0 saturated carbocycles. The van der Waals surface area contributed by atoms with Crippen LogP contribution in [0.4, 0.5) is 0 Å². The van der Waals surface area contributed by atoms with E-state index >= 15 is 0 Å². The number of aromatic hydroxyl groups is 1. The van der Waals surface area contributed by atoms with Gasteiger partial charge in [-0.15, -0.1) is 0 Å². The molecule has 6 nitrogen and oxygen atoms in total. The molecule has 0 aliphatic carbocycles. The summed E-state index contributed by atoms with van der Waals surface area (Å²) in [6.45, 7) is 0.887. The van der Waals surface area contributed by atoms with Gasteiger partial charge in [-0.3, -0.25) is 4.79 Å². The van der Waals surface area contributed by atoms with Gasteiger partial charge in [0.2, 0.25) is 0 Å². The zero-order valence-corrected chi connectivity index (χ0v) is 9.76. The summed E-state index contributed by atoms with van der Waals surface area (Å²) in [5.74, 6) is 0.0902. The molecule has 1 atom stereocenters. The van der Waals surface area contributed by atoms with Crippen LogP contribution in [0, 0.1) is 0 Å². The molecule has 1 unspecified atom stereocenters. The summed E-state index contributed by atoms with van der Waals surface area (Å²) < 4.78 is 10.7. The van der Waals surface area contributed by atoms with Crippen molar-refractivity contribution in [2.75, 3.05) is 13.2 Å². The van der Waals surface area contributed by atoms with Gasteiger partial charge in [-0.2, -0.15) is 0 Å². The quantitative estimate of drug-likeness (QED) is 0.740. The summed E-state index contributed by atoms with van der Waals surface area (Å²) in [5, 5.41) is 18.4. The van der Waals surface area contributed by atoms with E-state index in [0.29, 0.717) is 30.3 Å². The Balaban J connectivity index is 2.19. The Morgan fingerprint density at radius 2 is 1.94 bits per heavy atom. The summed E-state index contributed by atoms with van der Waals surface area (Å²) >= 11 is 0. The minimum atomic E-state index is -0.914. The minimum Gasteiger partial charge on any atom is -0.507 e. The first-order chi connectivity index (χ1) is 8.58. The van der Waals surface area contributed by atoms with Crippen molar-refractivity contribution in [1.82, 2.24) is 0 Å². The van der Waals surface area contributed by atoms with Crippen LogP contribution < -0.4 is 15.2 Å². The van der Waals surface area contributed by atoms with Crippen LogP contribution in [0.1, 0.15) is 24.4 Å². The molecule has 1 aliphatic rings. The minimum absolute atomic E-state index is 0.00265. The lowest BCUT2D eigenvalue weighted by molar-refractivity contribution is -0.137. The summed E-state index contributed by atoms with van der Waals surface area (Å²) in [5.41, 5.74) is 6.33. The van der Waals surface area contributed by atoms with Gasteiger partial charge in [0, 0.05) is 24.1 Å². The van der Waals surface area contributed by atoms with Crippen molar-refractivity contribution >= 4 is 5.97 Å². The molecule has 0 bridgehead atoms. The van der Waals surface area contributed by atoms with Crippen molar-refractivity contribution in [3.63, 3.8) is 0 Å². The molecule has 4 N–H and O–H groups in total. The number of carbonyl (C=O) groups is 1. The molecule has 1 heterocycles. The molecular weight excluding hydrogens is 238 g/mol. The van der Waals surface area contributed by atoms with E-state index in [4.69, 9.17) is 20.3 Å². The maximum absolute atomic E-state index is 10.5. The number of carboxylic acid groups (broad SMARTS) is 1. The Morgan fingerprint density at radius 1 is 1.33 bits per heavy atom. The number of benzene rings is 1.